The highest BCUT2D eigenvalue weighted by Gasteiger charge is 2.18. The number of nitrogens with one attached hydrogen (secondary N) is 1. The summed E-state index contributed by atoms with van der Waals surface area (Å²) in [7, 11) is -2.23. The molecule has 0 aliphatic heterocycles. The van der Waals surface area contributed by atoms with Crippen molar-refractivity contribution in [2.75, 3.05) is 7.11 Å². The SMILES string of the molecule is COc1ccccc1CNS(=O)(=O)c1cc(Cl)ccc1Cl. The predicted octanol–water partition coefficient (Wildman–Crippen LogP) is 3.48. The van der Waals surface area contributed by atoms with Gasteiger partial charge in [0.05, 0.1) is 12.1 Å². The van der Waals surface area contributed by atoms with Crippen LogP contribution in [0.15, 0.2) is 47.4 Å². The highest BCUT2D eigenvalue weighted by molar-refractivity contribution is 7.89. The van der Waals surface area contributed by atoms with Crippen molar-refractivity contribution in [3.8, 4) is 5.75 Å². The number of ether oxygens (including phenoxy) is 1. The normalized spacial score (nSPS) is 11.4. The molecule has 0 amide bonds. The average Bonchev–Trinajstić information content (AvgIpc) is 2.48. The number of rotatable bonds is 5. The van der Waals surface area contributed by atoms with E-state index in [2.05, 4.69) is 4.72 Å². The lowest BCUT2D eigenvalue weighted by molar-refractivity contribution is 0.409. The minimum absolute atomic E-state index is 0.0495. The fourth-order valence-corrected chi connectivity index (χ4v) is 3.55. The molecule has 0 unspecified atom stereocenters. The van der Waals surface area contributed by atoms with E-state index in [0.717, 1.165) is 5.56 Å². The van der Waals surface area contributed by atoms with Crippen molar-refractivity contribution in [2.24, 2.45) is 0 Å². The van der Waals surface area contributed by atoms with Gasteiger partial charge >= 0.3 is 0 Å². The van der Waals surface area contributed by atoms with E-state index >= 15 is 0 Å². The van der Waals surface area contributed by atoms with Crippen molar-refractivity contribution in [2.45, 2.75) is 11.4 Å². The van der Waals surface area contributed by atoms with Crippen LogP contribution in [0.25, 0.3) is 0 Å². The zero-order valence-corrected chi connectivity index (χ0v) is 13.5. The van der Waals surface area contributed by atoms with Crippen LogP contribution in [-0.4, -0.2) is 15.5 Å². The molecule has 0 aliphatic rings. The fourth-order valence-electron chi connectivity index (χ4n) is 1.78. The molecule has 1 N–H and O–H groups in total. The average molecular weight is 346 g/mol. The summed E-state index contributed by atoms with van der Waals surface area (Å²) >= 11 is 11.7. The van der Waals surface area contributed by atoms with Crippen molar-refractivity contribution >= 4 is 33.2 Å². The van der Waals surface area contributed by atoms with Crippen LogP contribution in [0.5, 0.6) is 5.75 Å². The summed E-state index contributed by atoms with van der Waals surface area (Å²) in [5.74, 6) is 0.609. The first kappa shape index (κ1) is 16.1. The molecular formula is C14H13Cl2NO3S. The van der Waals surface area contributed by atoms with Gasteiger partial charge in [-0.2, -0.15) is 0 Å². The van der Waals surface area contributed by atoms with Crippen molar-refractivity contribution in [1.82, 2.24) is 4.72 Å². The molecule has 2 aromatic carbocycles. The Balaban J connectivity index is 2.24. The van der Waals surface area contributed by atoms with E-state index in [1.165, 1.54) is 25.3 Å². The van der Waals surface area contributed by atoms with Crippen molar-refractivity contribution in [1.29, 1.82) is 0 Å². The maximum absolute atomic E-state index is 12.3. The second-order valence-corrected chi connectivity index (χ2v) is 6.79. The number of methoxy groups -OCH3 is 1. The molecule has 0 aliphatic carbocycles. The molecule has 112 valence electrons. The molecule has 0 radical (unpaired) electrons. The van der Waals surface area contributed by atoms with Crippen LogP contribution >= 0.6 is 23.2 Å². The molecule has 4 nitrogen and oxygen atoms in total. The van der Waals surface area contributed by atoms with Gasteiger partial charge in [-0.3, -0.25) is 0 Å². The molecule has 0 saturated heterocycles. The zero-order valence-electron chi connectivity index (χ0n) is 11.1. The first-order valence-corrected chi connectivity index (χ1v) is 8.24. The van der Waals surface area contributed by atoms with E-state index < -0.39 is 10.0 Å². The number of para-hydroxylation sites is 1. The largest absolute Gasteiger partial charge is 0.496 e. The first-order valence-electron chi connectivity index (χ1n) is 6.00. The highest BCUT2D eigenvalue weighted by atomic mass is 35.5. The topological polar surface area (TPSA) is 55.4 Å². The molecule has 0 saturated carbocycles. The van der Waals surface area contributed by atoms with E-state index in [1.807, 2.05) is 6.07 Å². The standard InChI is InChI=1S/C14H13Cl2NO3S/c1-20-13-5-3-2-4-10(13)9-17-21(18,19)14-8-11(15)6-7-12(14)16/h2-8,17H,9H2,1H3. The maximum atomic E-state index is 12.3. The summed E-state index contributed by atoms with van der Waals surface area (Å²) in [5, 5.41) is 0.420. The Morgan fingerprint density at radius 1 is 1.14 bits per heavy atom. The number of halogens is 2. The van der Waals surface area contributed by atoms with Gasteiger partial charge in [-0.25, -0.2) is 13.1 Å². The molecule has 0 aromatic heterocycles. The van der Waals surface area contributed by atoms with Gasteiger partial charge in [0, 0.05) is 17.1 Å². The highest BCUT2D eigenvalue weighted by Crippen LogP contribution is 2.25. The van der Waals surface area contributed by atoms with Crippen molar-refractivity contribution in [3.63, 3.8) is 0 Å². The second-order valence-electron chi connectivity index (χ2n) is 4.21. The van der Waals surface area contributed by atoms with Crippen LogP contribution in [-0.2, 0) is 16.6 Å². The van der Waals surface area contributed by atoms with Crippen molar-refractivity contribution in [3.05, 3.63) is 58.1 Å². The van der Waals surface area contributed by atoms with Gasteiger partial charge in [0.2, 0.25) is 10.0 Å². The van der Waals surface area contributed by atoms with Gasteiger partial charge in [0.1, 0.15) is 10.6 Å². The smallest absolute Gasteiger partial charge is 0.242 e. The lowest BCUT2D eigenvalue weighted by atomic mass is 10.2. The van der Waals surface area contributed by atoms with E-state index in [0.29, 0.717) is 10.8 Å². The van der Waals surface area contributed by atoms with E-state index in [4.69, 9.17) is 27.9 Å². The molecule has 0 spiro atoms. The fraction of sp³-hybridized carbons (Fsp3) is 0.143. The zero-order chi connectivity index (χ0) is 15.5. The van der Waals surface area contributed by atoms with Crippen LogP contribution in [0.2, 0.25) is 10.0 Å². The third kappa shape index (κ3) is 3.89. The van der Waals surface area contributed by atoms with Crippen LogP contribution < -0.4 is 9.46 Å². The van der Waals surface area contributed by atoms with Crippen LogP contribution in [0.3, 0.4) is 0 Å². The van der Waals surface area contributed by atoms with Gasteiger partial charge in [-0.05, 0) is 24.3 Å². The van der Waals surface area contributed by atoms with Crippen LogP contribution in [0, 0.1) is 0 Å². The summed E-state index contributed by atoms with van der Waals surface area (Å²) in [6.07, 6.45) is 0. The van der Waals surface area contributed by atoms with Gasteiger partial charge in [0.25, 0.3) is 0 Å². The Kier molecular flexibility index (Phi) is 5.11. The lowest BCUT2D eigenvalue weighted by Crippen LogP contribution is -2.23. The van der Waals surface area contributed by atoms with Crippen LogP contribution in [0.1, 0.15) is 5.56 Å². The van der Waals surface area contributed by atoms with E-state index in [-0.39, 0.29) is 16.5 Å². The van der Waals surface area contributed by atoms with Crippen LogP contribution in [0.4, 0.5) is 0 Å². The molecule has 0 atom stereocenters. The Morgan fingerprint density at radius 2 is 1.86 bits per heavy atom. The van der Waals surface area contributed by atoms with Crippen molar-refractivity contribution < 1.29 is 13.2 Å². The van der Waals surface area contributed by atoms with Gasteiger partial charge in [-0.1, -0.05) is 41.4 Å². The molecule has 7 heteroatoms. The Labute approximate surface area is 133 Å². The number of sulfonamides is 1. The minimum atomic E-state index is -3.76. The summed E-state index contributed by atoms with van der Waals surface area (Å²) in [4.78, 5) is -0.0495. The van der Waals surface area contributed by atoms with E-state index in [1.54, 1.807) is 18.2 Å². The quantitative estimate of drug-likeness (QED) is 0.902. The number of hydrogen-bond acceptors (Lipinski definition) is 3. The third-order valence-electron chi connectivity index (χ3n) is 2.83. The maximum Gasteiger partial charge on any atom is 0.242 e. The summed E-state index contributed by atoms with van der Waals surface area (Å²) in [6.45, 7) is 0.0924. The lowest BCUT2D eigenvalue weighted by Gasteiger charge is -2.11. The predicted molar refractivity (Wildman–Crippen MR) is 83.5 cm³/mol. The number of benzene rings is 2. The molecule has 2 aromatic rings. The summed E-state index contributed by atoms with van der Waals surface area (Å²) in [6, 6.07) is 11.4. The second kappa shape index (κ2) is 6.66. The minimum Gasteiger partial charge on any atom is -0.496 e. The van der Waals surface area contributed by atoms with Gasteiger partial charge in [0.15, 0.2) is 0 Å². The van der Waals surface area contributed by atoms with E-state index in [9.17, 15) is 8.42 Å². The Bertz CT molecular complexity index is 748. The third-order valence-corrected chi connectivity index (χ3v) is 4.95. The summed E-state index contributed by atoms with van der Waals surface area (Å²) < 4.78 is 32.2. The molecule has 2 rings (SSSR count). The van der Waals surface area contributed by atoms with Gasteiger partial charge < -0.3 is 4.74 Å². The first-order chi connectivity index (χ1) is 9.94. The monoisotopic (exact) mass is 345 g/mol. The molecule has 0 fully saturated rings. The Hall–Kier alpha value is -1.27. The summed E-state index contributed by atoms with van der Waals surface area (Å²) in [5.41, 5.74) is 0.724. The molecular weight excluding hydrogens is 333 g/mol. The molecule has 0 bridgehead atoms. The Morgan fingerprint density at radius 3 is 2.57 bits per heavy atom. The number of hydrogen-bond donors (Lipinski definition) is 1. The molecule has 21 heavy (non-hydrogen) atoms. The van der Waals surface area contributed by atoms with Gasteiger partial charge in [-0.15, -0.1) is 0 Å². The molecule has 0 heterocycles.